The predicted molar refractivity (Wildman–Crippen MR) is 62.3 cm³/mol. The molecule has 0 bridgehead atoms. The topological polar surface area (TPSA) is 44.8 Å². The van der Waals surface area contributed by atoms with Gasteiger partial charge in [0.2, 0.25) is 0 Å². The summed E-state index contributed by atoms with van der Waals surface area (Å²) in [6, 6.07) is 0. The molecule has 1 aliphatic carbocycles. The summed E-state index contributed by atoms with van der Waals surface area (Å²) < 4.78 is 16.4. The van der Waals surface area contributed by atoms with Crippen LogP contribution in [0.5, 0.6) is 0 Å². The van der Waals surface area contributed by atoms with E-state index in [2.05, 4.69) is 0 Å². The lowest BCUT2D eigenvalue weighted by atomic mass is 9.98. The molecule has 4 nitrogen and oxygen atoms in total. The SMILES string of the molecule is C/C=C1\[C@H](CC(=O)OC)C[C@H]2OC(C)(C)O[C@@H]12. The zero-order valence-corrected chi connectivity index (χ0v) is 10.9. The highest BCUT2D eigenvalue weighted by Crippen LogP contribution is 2.45. The third-order valence-corrected chi connectivity index (χ3v) is 3.47. The molecule has 3 atom stereocenters. The third-order valence-electron chi connectivity index (χ3n) is 3.47. The Hall–Kier alpha value is -0.870. The number of methoxy groups -OCH3 is 1. The van der Waals surface area contributed by atoms with E-state index in [4.69, 9.17) is 14.2 Å². The molecule has 0 N–H and O–H groups in total. The quantitative estimate of drug-likeness (QED) is 0.547. The molecule has 17 heavy (non-hydrogen) atoms. The van der Waals surface area contributed by atoms with Gasteiger partial charge < -0.3 is 14.2 Å². The summed E-state index contributed by atoms with van der Waals surface area (Å²) in [7, 11) is 1.42. The monoisotopic (exact) mass is 240 g/mol. The van der Waals surface area contributed by atoms with Crippen LogP contribution in [0.25, 0.3) is 0 Å². The van der Waals surface area contributed by atoms with E-state index < -0.39 is 5.79 Å². The first-order chi connectivity index (χ1) is 7.96. The number of esters is 1. The first kappa shape index (κ1) is 12.6. The van der Waals surface area contributed by atoms with Crippen molar-refractivity contribution in [2.45, 2.75) is 51.6 Å². The van der Waals surface area contributed by atoms with E-state index in [0.29, 0.717) is 6.42 Å². The van der Waals surface area contributed by atoms with Gasteiger partial charge in [0.05, 0.1) is 19.6 Å². The van der Waals surface area contributed by atoms with Gasteiger partial charge in [0.25, 0.3) is 0 Å². The molecule has 1 aliphatic heterocycles. The first-order valence-electron chi connectivity index (χ1n) is 6.05. The average Bonchev–Trinajstić information content (AvgIpc) is 2.68. The van der Waals surface area contributed by atoms with Crippen LogP contribution < -0.4 is 0 Å². The van der Waals surface area contributed by atoms with Crippen LogP contribution in [0.2, 0.25) is 0 Å². The fourth-order valence-corrected chi connectivity index (χ4v) is 2.82. The lowest BCUT2D eigenvalue weighted by Gasteiger charge is -2.21. The van der Waals surface area contributed by atoms with Gasteiger partial charge in [-0.3, -0.25) is 4.79 Å². The van der Waals surface area contributed by atoms with Crippen molar-refractivity contribution in [1.82, 2.24) is 0 Å². The van der Waals surface area contributed by atoms with Gasteiger partial charge in [0.15, 0.2) is 5.79 Å². The molecule has 0 aromatic rings. The molecule has 0 radical (unpaired) electrons. The molecule has 4 heteroatoms. The maximum Gasteiger partial charge on any atom is 0.306 e. The van der Waals surface area contributed by atoms with Gasteiger partial charge in [-0.1, -0.05) is 6.08 Å². The number of fused-ring (bicyclic) bond motifs is 1. The number of carbonyl (C=O) groups excluding carboxylic acids is 1. The van der Waals surface area contributed by atoms with Crippen molar-refractivity contribution >= 4 is 5.97 Å². The molecule has 0 unspecified atom stereocenters. The number of hydrogen-bond donors (Lipinski definition) is 0. The summed E-state index contributed by atoms with van der Waals surface area (Å²) >= 11 is 0. The highest BCUT2D eigenvalue weighted by molar-refractivity contribution is 5.70. The standard InChI is InChI=1S/C13H20O4/c1-5-9-8(7-11(14)15-4)6-10-12(9)17-13(2,3)16-10/h5,8,10,12H,6-7H2,1-4H3/b9-5+/t8-,10+,12-/m0/s1. The summed E-state index contributed by atoms with van der Waals surface area (Å²) in [5.74, 6) is -0.494. The summed E-state index contributed by atoms with van der Waals surface area (Å²) in [6.45, 7) is 5.83. The Morgan fingerprint density at radius 3 is 2.82 bits per heavy atom. The van der Waals surface area contributed by atoms with Crippen LogP contribution in [0, 0.1) is 5.92 Å². The van der Waals surface area contributed by atoms with Gasteiger partial charge in [0.1, 0.15) is 6.10 Å². The molecule has 1 saturated heterocycles. The highest BCUT2D eigenvalue weighted by atomic mass is 16.8. The smallest absolute Gasteiger partial charge is 0.306 e. The second-order valence-electron chi connectivity index (χ2n) is 5.10. The van der Waals surface area contributed by atoms with E-state index in [1.165, 1.54) is 12.7 Å². The van der Waals surface area contributed by atoms with Crippen LogP contribution >= 0.6 is 0 Å². The maximum atomic E-state index is 11.3. The number of allylic oxidation sites excluding steroid dienone is 1. The van der Waals surface area contributed by atoms with E-state index in [0.717, 1.165) is 6.42 Å². The zero-order chi connectivity index (χ0) is 12.6. The number of hydrogen-bond acceptors (Lipinski definition) is 4. The van der Waals surface area contributed by atoms with E-state index in [1.54, 1.807) is 0 Å². The molecular weight excluding hydrogens is 220 g/mol. The predicted octanol–water partition coefficient (Wildman–Crippen LogP) is 2.04. The molecule has 0 aromatic carbocycles. The van der Waals surface area contributed by atoms with Gasteiger partial charge in [-0.2, -0.15) is 0 Å². The van der Waals surface area contributed by atoms with Crippen molar-refractivity contribution in [2.75, 3.05) is 7.11 Å². The maximum absolute atomic E-state index is 11.3. The fraction of sp³-hybridized carbons (Fsp3) is 0.769. The molecule has 2 fully saturated rings. The van der Waals surface area contributed by atoms with E-state index in [9.17, 15) is 4.79 Å². The Morgan fingerprint density at radius 2 is 2.24 bits per heavy atom. The average molecular weight is 240 g/mol. The minimum Gasteiger partial charge on any atom is -0.469 e. The van der Waals surface area contributed by atoms with Crippen LogP contribution in [0.1, 0.15) is 33.6 Å². The van der Waals surface area contributed by atoms with Crippen molar-refractivity contribution < 1.29 is 19.0 Å². The van der Waals surface area contributed by atoms with Crippen LogP contribution in [-0.4, -0.2) is 31.1 Å². The van der Waals surface area contributed by atoms with Crippen LogP contribution in [0.3, 0.4) is 0 Å². The minimum atomic E-state index is -0.514. The van der Waals surface area contributed by atoms with E-state index >= 15 is 0 Å². The van der Waals surface area contributed by atoms with Crippen molar-refractivity contribution in [2.24, 2.45) is 5.92 Å². The normalized spacial score (nSPS) is 37.2. The molecule has 96 valence electrons. The summed E-state index contributed by atoms with van der Waals surface area (Å²) in [5, 5.41) is 0. The molecule has 0 amide bonds. The van der Waals surface area contributed by atoms with Gasteiger partial charge in [-0.15, -0.1) is 0 Å². The summed E-state index contributed by atoms with van der Waals surface area (Å²) in [6.07, 6.45) is 3.37. The molecule has 2 rings (SSSR count). The van der Waals surface area contributed by atoms with Crippen molar-refractivity contribution in [3.63, 3.8) is 0 Å². The highest BCUT2D eigenvalue weighted by Gasteiger charge is 2.50. The van der Waals surface area contributed by atoms with E-state index in [1.807, 2.05) is 26.8 Å². The van der Waals surface area contributed by atoms with Gasteiger partial charge in [-0.05, 0) is 38.7 Å². The van der Waals surface area contributed by atoms with Crippen molar-refractivity contribution in [1.29, 1.82) is 0 Å². The molecule has 2 aliphatic rings. The Bertz CT molecular complexity index is 345. The van der Waals surface area contributed by atoms with Crippen molar-refractivity contribution in [3.8, 4) is 0 Å². The Kier molecular flexibility index (Phi) is 3.27. The third kappa shape index (κ3) is 2.38. The van der Waals surface area contributed by atoms with Gasteiger partial charge >= 0.3 is 5.97 Å². The second-order valence-corrected chi connectivity index (χ2v) is 5.10. The summed E-state index contributed by atoms with van der Waals surface area (Å²) in [5.41, 5.74) is 1.17. The van der Waals surface area contributed by atoms with Crippen LogP contribution in [0.15, 0.2) is 11.6 Å². The second kappa shape index (κ2) is 4.42. The summed E-state index contributed by atoms with van der Waals surface area (Å²) in [4.78, 5) is 11.3. The van der Waals surface area contributed by atoms with Gasteiger partial charge in [0, 0.05) is 0 Å². The van der Waals surface area contributed by atoms with E-state index in [-0.39, 0.29) is 24.1 Å². The van der Waals surface area contributed by atoms with Gasteiger partial charge in [-0.25, -0.2) is 0 Å². The lowest BCUT2D eigenvalue weighted by Crippen LogP contribution is -2.24. The minimum absolute atomic E-state index is 0.00431. The number of rotatable bonds is 2. The number of carbonyl (C=O) groups is 1. The largest absolute Gasteiger partial charge is 0.469 e. The fourth-order valence-electron chi connectivity index (χ4n) is 2.82. The number of ether oxygens (including phenoxy) is 3. The first-order valence-corrected chi connectivity index (χ1v) is 6.05. The molecular formula is C13H20O4. The lowest BCUT2D eigenvalue weighted by molar-refractivity contribution is -0.150. The van der Waals surface area contributed by atoms with Crippen LogP contribution in [0.4, 0.5) is 0 Å². The Balaban J connectivity index is 2.09. The van der Waals surface area contributed by atoms with Crippen molar-refractivity contribution in [3.05, 3.63) is 11.6 Å². The Labute approximate surface area is 102 Å². The Morgan fingerprint density at radius 1 is 1.53 bits per heavy atom. The van der Waals surface area contributed by atoms with Crippen LogP contribution in [-0.2, 0) is 19.0 Å². The molecule has 0 aromatic heterocycles. The molecule has 1 heterocycles. The molecule has 0 spiro atoms. The zero-order valence-electron chi connectivity index (χ0n) is 10.9. The molecule has 1 saturated carbocycles.